The fourth-order valence-corrected chi connectivity index (χ4v) is 4.28. The number of hydrogen-bond donors (Lipinski definition) is 0. The molecule has 0 bridgehead atoms. The summed E-state index contributed by atoms with van der Waals surface area (Å²) in [6, 6.07) is 18.9. The maximum atomic E-state index is 4.98. The molecule has 4 heteroatoms. The van der Waals surface area contributed by atoms with Crippen molar-refractivity contribution < 1.29 is 0 Å². The van der Waals surface area contributed by atoms with Gasteiger partial charge >= 0.3 is 0 Å². The molecule has 0 fully saturated rings. The Hall–Kier alpha value is -2.56. The Kier molecular flexibility index (Phi) is 3.18. The second-order valence-corrected chi connectivity index (χ2v) is 7.33. The minimum absolute atomic E-state index is 0.940. The Morgan fingerprint density at radius 1 is 0.708 bits per heavy atom. The van der Waals surface area contributed by atoms with E-state index in [1.807, 2.05) is 0 Å². The number of hydrogen-bond acceptors (Lipinski definition) is 4. The van der Waals surface area contributed by atoms with Crippen molar-refractivity contribution in [2.24, 2.45) is 0 Å². The molecule has 2 aromatic carbocycles. The molecule has 0 aliphatic rings. The zero-order valence-electron chi connectivity index (χ0n) is 12.6. The van der Waals surface area contributed by atoms with Crippen molar-refractivity contribution in [1.29, 1.82) is 0 Å². The molecule has 0 saturated heterocycles. The lowest BCUT2D eigenvalue weighted by atomic mass is 10.1. The zero-order valence-corrected chi connectivity index (χ0v) is 14.3. The fourth-order valence-electron chi connectivity index (χ4n) is 2.93. The van der Waals surface area contributed by atoms with Gasteiger partial charge in [0.1, 0.15) is 5.69 Å². The molecule has 2 nitrogen and oxygen atoms in total. The van der Waals surface area contributed by atoms with Crippen LogP contribution in [0.5, 0.6) is 0 Å². The summed E-state index contributed by atoms with van der Waals surface area (Å²) < 4.78 is 0. The average Bonchev–Trinajstić information content (AvgIpc) is 3.32. The molecular formula is C20H12N2S2. The standard InChI is InChI=1S/C20H12N2S2/c1-2-5-14-11-17-16(10-13(14)4-1)21-19(15-7-9-23-12-15)20(22-17)18-6-3-8-24-18/h1-12H. The van der Waals surface area contributed by atoms with Crippen LogP contribution in [0.1, 0.15) is 0 Å². The Bertz CT molecular complexity index is 1050. The second kappa shape index (κ2) is 5.51. The van der Waals surface area contributed by atoms with Gasteiger partial charge < -0.3 is 0 Å². The SMILES string of the molecule is c1csc(-c2nc3cc4ccccc4cc3nc2-c2ccsc2)c1. The van der Waals surface area contributed by atoms with Crippen molar-refractivity contribution in [3.63, 3.8) is 0 Å². The van der Waals surface area contributed by atoms with E-state index in [4.69, 9.17) is 9.97 Å². The quantitative estimate of drug-likeness (QED) is 0.354. The minimum atomic E-state index is 0.940. The summed E-state index contributed by atoms with van der Waals surface area (Å²) in [4.78, 5) is 11.1. The molecule has 0 spiro atoms. The van der Waals surface area contributed by atoms with E-state index in [2.05, 4.69) is 70.7 Å². The lowest BCUT2D eigenvalue weighted by Gasteiger charge is -2.09. The highest BCUT2D eigenvalue weighted by molar-refractivity contribution is 7.13. The van der Waals surface area contributed by atoms with Crippen molar-refractivity contribution in [2.75, 3.05) is 0 Å². The molecule has 0 aliphatic heterocycles. The Morgan fingerprint density at radius 3 is 2.08 bits per heavy atom. The number of rotatable bonds is 2. The van der Waals surface area contributed by atoms with Crippen LogP contribution in [0.4, 0.5) is 0 Å². The molecule has 0 atom stereocenters. The van der Waals surface area contributed by atoms with E-state index in [1.54, 1.807) is 22.7 Å². The van der Waals surface area contributed by atoms with Crippen LogP contribution >= 0.6 is 22.7 Å². The minimum Gasteiger partial charge on any atom is -0.244 e. The molecule has 114 valence electrons. The smallest absolute Gasteiger partial charge is 0.107 e. The number of aromatic nitrogens is 2. The molecule has 3 heterocycles. The number of fused-ring (bicyclic) bond motifs is 2. The Labute approximate surface area is 147 Å². The van der Waals surface area contributed by atoms with Crippen molar-refractivity contribution in [1.82, 2.24) is 9.97 Å². The van der Waals surface area contributed by atoms with E-state index in [-0.39, 0.29) is 0 Å². The predicted octanol–water partition coefficient (Wildman–Crippen LogP) is 6.24. The summed E-state index contributed by atoms with van der Waals surface area (Å²) in [6.07, 6.45) is 0. The molecule has 0 unspecified atom stereocenters. The topological polar surface area (TPSA) is 25.8 Å². The molecule has 0 N–H and O–H groups in total. The van der Waals surface area contributed by atoms with Gasteiger partial charge in [0.15, 0.2) is 0 Å². The Morgan fingerprint density at radius 2 is 1.46 bits per heavy atom. The summed E-state index contributed by atoms with van der Waals surface area (Å²) >= 11 is 3.38. The lowest BCUT2D eigenvalue weighted by molar-refractivity contribution is 1.31. The van der Waals surface area contributed by atoms with E-state index in [0.717, 1.165) is 32.9 Å². The third kappa shape index (κ3) is 2.23. The molecule has 3 aromatic heterocycles. The van der Waals surface area contributed by atoms with E-state index in [9.17, 15) is 0 Å². The molecule has 0 radical (unpaired) electrons. The first-order chi connectivity index (χ1) is 11.9. The molecule has 5 aromatic rings. The van der Waals surface area contributed by atoms with Gasteiger partial charge in [-0.3, -0.25) is 0 Å². The molecule has 5 rings (SSSR count). The average molecular weight is 344 g/mol. The highest BCUT2D eigenvalue weighted by atomic mass is 32.1. The van der Waals surface area contributed by atoms with Crippen LogP contribution in [-0.4, -0.2) is 9.97 Å². The van der Waals surface area contributed by atoms with E-state index < -0.39 is 0 Å². The highest BCUT2D eigenvalue weighted by Crippen LogP contribution is 2.35. The van der Waals surface area contributed by atoms with Crippen LogP contribution < -0.4 is 0 Å². The normalized spacial score (nSPS) is 11.3. The molecule has 0 saturated carbocycles. The summed E-state index contributed by atoms with van der Waals surface area (Å²) in [6.45, 7) is 0. The van der Waals surface area contributed by atoms with Crippen molar-refractivity contribution >= 4 is 44.5 Å². The predicted molar refractivity (Wildman–Crippen MR) is 104 cm³/mol. The third-order valence-corrected chi connectivity index (χ3v) is 5.64. The first-order valence-electron chi connectivity index (χ1n) is 7.65. The Balaban J connectivity index is 1.87. The van der Waals surface area contributed by atoms with E-state index in [1.165, 1.54) is 10.8 Å². The van der Waals surface area contributed by atoms with Gasteiger partial charge in [0.25, 0.3) is 0 Å². The van der Waals surface area contributed by atoms with Crippen LogP contribution in [-0.2, 0) is 0 Å². The van der Waals surface area contributed by atoms with Crippen LogP contribution in [0, 0.1) is 0 Å². The van der Waals surface area contributed by atoms with Gasteiger partial charge in [-0.1, -0.05) is 30.3 Å². The van der Waals surface area contributed by atoms with Crippen molar-refractivity contribution in [3.05, 3.63) is 70.7 Å². The van der Waals surface area contributed by atoms with E-state index in [0.29, 0.717) is 0 Å². The highest BCUT2D eigenvalue weighted by Gasteiger charge is 2.14. The van der Waals surface area contributed by atoms with Gasteiger partial charge in [0.05, 0.1) is 21.6 Å². The lowest BCUT2D eigenvalue weighted by Crippen LogP contribution is -1.93. The van der Waals surface area contributed by atoms with Crippen LogP contribution in [0.25, 0.3) is 43.6 Å². The maximum Gasteiger partial charge on any atom is 0.107 e. The van der Waals surface area contributed by atoms with Crippen LogP contribution in [0.3, 0.4) is 0 Å². The largest absolute Gasteiger partial charge is 0.244 e. The number of nitrogens with zero attached hydrogens (tertiary/aromatic N) is 2. The molecular weight excluding hydrogens is 332 g/mol. The molecule has 0 amide bonds. The fraction of sp³-hybridized carbons (Fsp3) is 0. The van der Waals surface area contributed by atoms with Gasteiger partial charge in [-0.15, -0.1) is 11.3 Å². The first kappa shape index (κ1) is 13.8. The number of thiophene rings is 2. The van der Waals surface area contributed by atoms with Crippen LogP contribution in [0.15, 0.2) is 70.7 Å². The second-order valence-electron chi connectivity index (χ2n) is 5.60. The summed E-state index contributed by atoms with van der Waals surface area (Å²) in [7, 11) is 0. The number of benzene rings is 2. The van der Waals surface area contributed by atoms with Gasteiger partial charge in [0, 0.05) is 10.9 Å². The van der Waals surface area contributed by atoms with Crippen molar-refractivity contribution in [2.45, 2.75) is 0 Å². The van der Waals surface area contributed by atoms with Gasteiger partial charge in [-0.25, -0.2) is 9.97 Å². The third-order valence-electron chi connectivity index (χ3n) is 4.08. The van der Waals surface area contributed by atoms with E-state index >= 15 is 0 Å². The summed E-state index contributed by atoms with van der Waals surface area (Å²) in [5.74, 6) is 0. The molecule has 24 heavy (non-hydrogen) atoms. The van der Waals surface area contributed by atoms with Crippen molar-refractivity contribution in [3.8, 4) is 21.8 Å². The maximum absolute atomic E-state index is 4.98. The zero-order chi connectivity index (χ0) is 15.9. The summed E-state index contributed by atoms with van der Waals surface area (Å²) in [5, 5.41) is 8.69. The summed E-state index contributed by atoms with van der Waals surface area (Å²) in [5.41, 5.74) is 4.94. The monoisotopic (exact) mass is 344 g/mol. The van der Waals surface area contributed by atoms with Gasteiger partial charge in [-0.2, -0.15) is 11.3 Å². The van der Waals surface area contributed by atoms with Gasteiger partial charge in [-0.05, 0) is 45.8 Å². The van der Waals surface area contributed by atoms with Gasteiger partial charge in [0.2, 0.25) is 0 Å². The first-order valence-corrected chi connectivity index (χ1v) is 9.48. The molecule has 0 aliphatic carbocycles. The van der Waals surface area contributed by atoms with Crippen LogP contribution in [0.2, 0.25) is 0 Å².